The molecule has 2 nitrogen and oxygen atoms in total. The average Bonchev–Trinajstić information content (AvgIpc) is 2.56. The molecule has 132 valence electrons. The van der Waals surface area contributed by atoms with Gasteiger partial charge < -0.3 is 9.47 Å². The first kappa shape index (κ1) is 21.3. The van der Waals surface area contributed by atoms with Crippen LogP contribution in [0.15, 0.2) is 48.5 Å². The SMILES string of the molecule is Clc1cccc(OCCCBr)c1.Fc1cccc(OCCCBr)c1. The molecule has 0 radical (unpaired) electrons. The van der Waals surface area contributed by atoms with Crippen molar-refractivity contribution in [2.75, 3.05) is 23.9 Å². The number of hydrogen-bond acceptors (Lipinski definition) is 2. The van der Waals surface area contributed by atoms with Crippen molar-refractivity contribution in [3.63, 3.8) is 0 Å². The predicted molar refractivity (Wildman–Crippen MR) is 106 cm³/mol. The van der Waals surface area contributed by atoms with E-state index in [2.05, 4.69) is 31.9 Å². The third kappa shape index (κ3) is 10.2. The summed E-state index contributed by atoms with van der Waals surface area (Å²) >= 11 is 12.4. The zero-order valence-corrected chi connectivity index (χ0v) is 17.1. The van der Waals surface area contributed by atoms with E-state index in [-0.39, 0.29) is 5.82 Å². The molecule has 24 heavy (non-hydrogen) atoms. The molecule has 0 bridgehead atoms. The third-order valence-corrected chi connectivity index (χ3v) is 4.04. The molecular formula is C18H20Br2ClFO2. The Morgan fingerprint density at radius 1 is 0.833 bits per heavy atom. The van der Waals surface area contributed by atoms with Crippen LogP contribution in [0.3, 0.4) is 0 Å². The number of benzene rings is 2. The third-order valence-electron chi connectivity index (χ3n) is 2.69. The molecule has 0 fully saturated rings. The van der Waals surface area contributed by atoms with Gasteiger partial charge in [0.05, 0.1) is 13.2 Å². The molecule has 0 saturated heterocycles. The Morgan fingerprint density at radius 2 is 1.38 bits per heavy atom. The first-order chi connectivity index (χ1) is 11.7. The first-order valence-corrected chi connectivity index (χ1v) is 10.2. The smallest absolute Gasteiger partial charge is 0.126 e. The molecule has 0 amide bonds. The van der Waals surface area contributed by atoms with Crippen molar-refractivity contribution in [3.8, 4) is 11.5 Å². The Bertz CT molecular complexity index is 533. The van der Waals surface area contributed by atoms with E-state index in [0.717, 1.165) is 35.9 Å². The maximum Gasteiger partial charge on any atom is 0.126 e. The molecular weight excluding hydrogens is 462 g/mol. The Morgan fingerprint density at radius 3 is 1.88 bits per heavy atom. The van der Waals surface area contributed by atoms with Crippen LogP contribution in [0.2, 0.25) is 5.02 Å². The molecule has 2 aromatic carbocycles. The molecule has 0 aliphatic rings. The van der Waals surface area contributed by atoms with Gasteiger partial charge in [-0.15, -0.1) is 0 Å². The summed E-state index contributed by atoms with van der Waals surface area (Å²) < 4.78 is 23.3. The van der Waals surface area contributed by atoms with Crippen molar-refractivity contribution < 1.29 is 13.9 Å². The fraction of sp³-hybridized carbons (Fsp3) is 0.333. The lowest BCUT2D eigenvalue weighted by Crippen LogP contribution is -1.97. The average molecular weight is 483 g/mol. The van der Waals surface area contributed by atoms with E-state index in [9.17, 15) is 4.39 Å². The van der Waals surface area contributed by atoms with Gasteiger partial charge in [0.15, 0.2) is 0 Å². The zero-order chi connectivity index (χ0) is 17.6. The van der Waals surface area contributed by atoms with Crippen molar-refractivity contribution in [1.82, 2.24) is 0 Å². The van der Waals surface area contributed by atoms with Crippen LogP contribution in [0, 0.1) is 5.82 Å². The molecule has 0 N–H and O–H groups in total. The van der Waals surface area contributed by atoms with Crippen LogP contribution < -0.4 is 9.47 Å². The van der Waals surface area contributed by atoms with Crippen molar-refractivity contribution in [2.24, 2.45) is 0 Å². The summed E-state index contributed by atoms with van der Waals surface area (Å²) in [5.74, 6) is 1.17. The van der Waals surface area contributed by atoms with E-state index in [4.69, 9.17) is 21.1 Å². The van der Waals surface area contributed by atoms with Crippen LogP contribution in [0.25, 0.3) is 0 Å². The topological polar surface area (TPSA) is 18.5 Å². The molecule has 2 aromatic rings. The fourth-order valence-corrected chi connectivity index (χ4v) is 2.24. The second-order valence-electron chi connectivity index (χ2n) is 4.70. The highest BCUT2D eigenvalue weighted by Gasteiger charge is 1.94. The molecule has 0 aliphatic carbocycles. The van der Waals surface area contributed by atoms with Crippen LogP contribution in [0.4, 0.5) is 4.39 Å². The monoisotopic (exact) mass is 480 g/mol. The van der Waals surface area contributed by atoms with Gasteiger partial charge in [0.2, 0.25) is 0 Å². The Hall–Kier alpha value is -0.780. The van der Waals surface area contributed by atoms with Gasteiger partial charge in [0.25, 0.3) is 0 Å². The lowest BCUT2D eigenvalue weighted by atomic mass is 10.3. The predicted octanol–water partition coefficient (Wildman–Crippen LogP) is 6.49. The minimum absolute atomic E-state index is 0.258. The molecule has 0 aliphatic heterocycles. The lowest BCUT2D eigenvalue weighted by Gasteiger charge is -2.04. The fourth-order valence-electron chi connectivity index (χ4n) is 1.60. The van der Waals surface area contributed by atoms with Gasteiger partial charge in [-0.05, 0) is 43.2 Å². The van der Waals surface area contributed by atoms with E-state index in [1.54, 1.807) is 12.1 Å². The second kappa shape index (κ2) is 13.5. The van der Waals surface area contributed by atoms with Crippen molar-refractivity contribution >= 4 is 43.5 Å². The molecule has 2 rings (SSSR count). The molecule has 0 unspecified atom stereocenters. The van der Waals surface area contributed by atoms with Gasteiger partial charge in [-0.1, -0.05) is 55.6 Å². The minimum Gasteiger partial charge on any atom is -0.494 e. The normalized spacial score (nSPS) is 9.83. The number of ether oxygens (including phenoxy) is 2. The molecule has 6 heteroatoms. The van der Waals surface area contributed by atoms with E-state index in [1.807, 2.05) is 24.3 Å². The Kier molecular flexibility index (Phi) is 12.0. The summed E-state index contributed by atoms with van der Waals surface area (Å²) in [6.07, 6.45) is 1.93. The molecule has 0 atom stereocenters. The lowest BCUT2D eigenvalue weighted by molar-refractivity contribution is 0.317. The van der Waals surface area contributed by atoms with Gasteiger partial charge in [-0.25, -0.2) is 4.39 Å². The van der Waals surface area contributed by atoms with E-state index < -0.39 is 0 Å². The summed E-state index contributed by atoms with van der Waals surface area (Å²) in [6.45, 7) is 1.35. The van der Waals surface area contributed by atoms with Gasteiger partial charge in [-0.2, -0.15) is 0 Å². The number of alkyl halides is 2. The van der Waals surface area contributed by atoms with E-state index in [0.29, 0.717) is 17.4 Å². The van der Waals surface area contributed by atoms with Gasteiger partial charge in [0, 0.05) is 21.7 Å². The highest BCUT2D eigenvalue weighted by atomic mass is 79.9. The van der Waals surface area contributed by atoms with Crippen molar-refractivity contribution in [2.45, 2.75) is 12.8 Å². The Labute approximate surface area is 164 Å². The van der Waals surface area contributed by atoms with Gasteiger partial charge in [0.1, 0.15) is 17.3 Å². The maximum atomic E-state index is 12.6. The highest BCUT2D eigenvalue weighted by molar-refractivity contribution is 9.09. The maximum absolute atomic E-state index is 12.6. The van der Waals surface area contributed by atoms with Gasteiger partial charge in [-0.3, -0.25) is 0 Å². The Balaban J connectivity index is 0.000000240. The molecule has 0 heterocycles. The van der Waals surface area contributed by atoms with E-state index in [1.165, 1.54) is 12.1 Å². The number of rotatable bonds is 8. The van der Waals surface area contributed by atoms with E-state index >= 15 is 0 Å². The van der Waals surface area contributed by atoms with Crippen LogP contribution in [-0.2, 0) is 0 Å². The van der Waals surface area contributed by atoms with Crippen LogP contribution in [0.1, 0.15) is 12.8 Å². The summed E-state index contributed by atoms with van der Waals surface area (Å²) in [4.78, 5) is 0. The molecule has 0 saturated carbocycles. The van der Waals surface area contributed by atoms with Crippen molar-refractivity contribution in [3.05, 3.63) is 59.4 Å². The molecule has 0 aromatic heterocycles. The van der Waals surface area contributed by atoms with Gasteiger partial charge >= 0.3 is 0 Å². The van der Waals surface area contributed by atoms with Crippen LogP contribution in [-0.4, -0.2) is 23.9 Å². The molecule has 0 spiro atoms. The largest absolute Gasteiger partial charge is 0.494 e. The summed E-state index contributed by atoms with van der Waals surface area (Å²) in [5, 5.41) is 2.59. The number of hydrogen-bond donors (Lipinski definition) is 0. The van der Waals surface area contributed by atoms with Crippen LogP contribution in [0.5, 0.6) is 11.5 Å². The second-order valence-corrected chi connectivity index (χ2v) is 6.72. The summed E-state index contributed by atoms with van der Waals surface area (Å²) in [5.41, 5.74) is 0. The van der Waals surface area contributed by atoms with Crippen molar-refractivity contribution in [1.29, 1.82) is 0 Å². The summed E-state index contributed by atoms with van der Waals surface area (Å²) in [7, 11) is 0. The quantitative estimate of drug-likeness (QED) is 0.316. The highest BCUT2D eigenvalue weighted by Crippen LogP contribution is 2.17. The minimum atomic E-state index is -0.258. The van der Waals surface area contributed by atoms with Crippen LogP contribution >= 0.6 is 43.5 Å². The number of halogens is 4. The first-order valence-electron chi connectivity index (χ1n) is 7.54. The zero-order valence-electron chi connectivity index (χ0n) is 13.2. The standard InChI is InChI=1S/C9H10BrClO.C9H10BrFO/c2*10-5-2-6-12-9-4-1-3-8(11)7-9/h2*1,3-4,7H,2,5-6H2. The summed E-state index contributed by atoms with van der Waals surface area (Å²) in [6, 6.07) is 13.6.